The molecule has 2 aromatic carbocycles. The van der Waals surface area contributed by atoms with Gasteiger partial charge in [-0.3, -0.25) is 4.79 Å². The maximum atomic E-state index is 13.5. The van der Waals surface area contributed by atoms with E-state index in [1.807, 2.05) is 0 Å². The number of alkyl halides is 6. The topological polar surface area (TPSA) is 99.1 Å². The third kappa shape index (κ3) is 6.52. The monoisotopic (exact) mass is 519 g/mol. The van der Waals surface area contributed by atoms with Gasteiger partial charge in [-0.05, 0) is 54.7 Å². The Hall–Kier alpha value is -3.11. The van der Waals surface area contributed by atoms with Gasteiger partial charge in [0.15, 0.2) is 0 Å². The molecular formula is C22H19F6N3O3S. The Morgan fingerprint density at radius 1 is 1.11 bits per heavy atom. The smallest absolute Gasteiger partial charge is 0.353 e. The number of rotatable bonds is 6. The van der Waals surface area contributed by atoms with Crippen molar-refractivity contribution >= 4 is 15.9 Å². The number of nitrogens with zero attached hydrogens (tertiary/aromatic N) is 1. The Morgan fingerprint density at radius 3 is 2.43 bits per heavy atom. The predicted octanol–water partition coefficient (Wildman–Crippen LogP) is 3.85. The third-order valence-electron chi connectivity index (χ3n) is 5.52. The van der Waals surface area contributed by atoms with E-state index in [0.29, 0.717) is 24.5 Å². The van der Waals surface area contributed by atoms with Gasteiger partial charge in [0.2, 0.25) is 15.9 Å². The minimum Gasteiger partial charge on any atom is -0.353 e. The zero-order chi connectivity index (χ0) is 26.0. The molecule has 1 aliphatic carbocycles. The minimum absolute atomic E-state index is 0.213. The van der Waals surface area contributed by atoms with Crippen molar-refractivity contribution in [1.29, 1.82) is 5.26 Å². The molecule has 0 saturated heterocycles. The lowest BCUT2D eigenvalue weighted by Gasteiger charge is -2.27. The Morgan fingerprint density at radius 2 is 1.80 bits per heavy atom. The zero-order valence-electron chi connectivity index (χ0n) is 17.9. The molecule has 0 aromatic heterocycles. The molecule has 0 spiro atoms. The molecule has 0 radical (unpaired) electrons. The average Bonchev–Trinajstić information content (AvgIpc) is 2.76. The highest BCUT2D eigenvalue weighted by Gasteiger charge is 2.44. The first kappa shape index (κ1) is 26.5. The van der Waals surface area contributed by atoms with Crippen molar-refractivity contribution < 1.29 is 39.6 Å². The largest absolute Gasteiger partial charge is 0.416 e. The first-order chi connectivity index (χ1) is 16.2. The number of hydrogen-bond donors (Lipinski definition) is 2. The number of fused-ring (bicyclic) bond motifs is 1. The van der Waals surface area contributed by atoms with Crippen LogP contribution in [0.1, 0.15) is 35.1 Å². The second-order valence-electron chi connectivity index (χ2n) is 8.01. The lowest BCUT2D eigenvalue weighted by atomic mass is 9.85. The van der Waals surface area contributed by atoms with Crippen LogP contribution in [0, 0.1) is 11.3 Å². The van der Waals surface area contributed by atoms with E-state index in [-0.39, 0.29) is 12.5 Å². The lowest BCUT2D eigenvalue weighted by molar-refractivity contribution is -0.158. The molecule has 0 fully saturated rings. The van der Waals surface area contributed by atoms with Gasteiger partial charge in [0.05, 0.1) is 28.5 Å². The molecule has 0 heterocycles. The molecule has 35 heavy (non-hydrogen) atoms. The van der Waals surface area contributed by atoms with Crippen molar-refractivity contribution in [3.8, 4) is 6.07 Å². The van der Waals surface area contributed by atoms with E-state index in [1.54, 1.807) is 18.2 Å². The van der Waals surface area contributed by atoms with Gasteiger partial charge in [0, 0.05) is 6.04 Å². The summed E-state index contributed by atoms with van der Waals surface area (Å²) in [5.74, 6) is -1.08. The van der Waals surface area contributed by atoms with E-state index in [1.165, 1.54) is 4.72 Å². The van der Waals surface area contributed by atoms with E-state index in [2.05, 4.69) is 11.4 Å². The van der Waals surface area contributed by atoms with Gasteiger partial charge in [-0.1, -0.05) is 18.2 Å². The summed E-state index contributed by atoms with van der Waals surface area (Å²) < 4.78 is 105. The minimum atomic E-state index is -5.19. The Labute approximate surface area is 197 Å². The molecule has 1 unspecified atom stereocenters. The fourth-order valence-corrected chi connectivity index (χ4v) is 5.09. The van der Waals surface area contributed by atoms with Gasteiger partial charge < -0.3 is 5.32 Å². The number of carbonyl (C=O) groups is 1. The number of benzene rings is 2. The number of hydrogen-bond acceptors (Lipinski definition) is 4. The second-order valence-corrected chi connectivity index (χ2v) is 9.72. The molecule has 188 valence electrons. The van der Waals surface area contributed by atoms with Crippen LogP contribution < -0.4 is 10.0 Å². The van der Waals surface area contributed by atoms with Gasteiger partial charge in [0.25, 0.3) is 0 Å². The van der Waals surface area contributed by atoms with Crippen LogP contribution in [0.25, 0.3) is 0 Å². The summed E-state index contributed by atoms with van der Waals surface area (Å²) in [5, 5.41) is 11.6. The van der Waals surface area contributed by atoms with E-state index >= 15 is 0 Å². The highest BCUT2D eigenvalue weighted by atomic mass is 32.2. The maximum Gasteiger partial charge on any atom is 0.416 e. The van der Waals surface area contributed by atoms with Crippen LogP contribution in [-0.2, 0) is 33.8 Å². The average molecular weight is 519 g/mol. The quantitative estimate of drug-likeness (QED) is 0.567. The van der Waals surface area contributed by atoms with E-state index in [0.717, 1.165) is 23.3 Å². The predicted molar refractivity (Wildman–Crippen MR) is 111 cm³/mol. The van der Waals surface area contributed by atoms with Crippen molar-refractivity contribution in [3.63, 3.8) is 0 Å². The summed E-state index contributed by atoms with van der Waals surface area (Å²) in [6.45, 7) is 0. The maximum absolute atomic E-state index is 13.5. The van der Waals surface area contributed by atoms with Crippen molar-refractivity contribution in [2.24, 2.45) is 0 Å². The number of halogens is 6. The Balaban J connectivity index is 1.72. The Kier molecular flexibility index (Phi) is 7.47. The van der Waals surface area contributed by atoms with Crippen LogP contribution in [0.2, 0.25) is 0 Å². The zero-order valence-corrected chi connectivity index (χ0v) is 18.7. The van der Waals surface area contributed by atoms with Crippen molar-refractivity contribution in [3.05, 3.63) is 64.7 Å². The first-order valence-electron chi connectivity index (χ1n) is 10.3. The fraction of sp³-hybridized carbons (Fsp3) is 0.364. The van der Waals surface area contributed by atoms with E-state index in [4.69, 9.17) is 0 Å². The SMILES string of the molecule is N#Cc1cccc2c1CCC(NC(=O)C[C@@H](NS(=O)(=O)c1cccc(C(F)(F)F)c1)C(F)(F)F)C2. The number of sulfonamides is 1. The molecule has 0 bridgehead atoms. The molecule has 2 atom stereocenters. The molecule has 2 N–H and O–H groups in total. The third-order valence-corrected chi connectivity index (χ3v) is 6.99. The van der Waals surface area contributed by atoms with Gasteiger partial charge in [-0.15, -0.1) is 0 Å². The standard InChI is InChI=1S/C22H19F6N3O3S/c23-21(24,25)15-5-2-6-17(10-15)35(33,34)31-19(22(26,27)28)11-20(32)30-16-7-8-18-13(9-16)3-1-4-14(18)12-29/h1-6,10,16,19,31H,7-9,11H2,(H,30,32)/t16?,19-/m1/s1. The molecular weight excluding hydrogens is 500 g/mol. The summed E-state index contributed by atoms with van der Waals surface area (Å²) in [6.07, 6.45) is -10.3. The molecule has 0 aliphatic heterocycles. The fourth-order valence-electron chi connectivity index (χ4n) is 3.83. The number of carbonyl (C=O) groups excluding carboxylic acids is 1. The van der Waals surface area contributed by atoms with Crippen LogP contribution in [0.5, 0.6) is 0 Å². The second kappa shape index (κ2) is 9.87. The normalized spacial score (nSPS) is 17.2. The number of nitrogens with one attached hydrogen (secondary N) is 2. The van der Waals surface area contributed by atoms with Crippen LogP contribution >= 0.6 is 0 Å². The molecule has 2 aromatic rings. The highest BCUT2D eigenvalue weighted by molar-refractivity contribution is 7.89. The number of amides is 1. The van der Waals surface area contributed by atoms with E-state index in [9.17, 15) is 44.8 Å². The summed E-state index contributed by atoms with van der Waals surface area (Å²) in [7, 11) is -5.03. The highest BCUT2D eigenvalue weighted by Crippen LogP contribution is 2.31. The van der Waals surface area contributed by atoms with Crippen molar-refractivity contribution in [1.82, 2.24) is 10.0 Å². The summed E-state index contributed by atoms with van der Waals surface area (Å²) >= 11 is 0. The van der Waals surface area contributed by atoms with Gasteiger partial charge in [-0.2, -0.15) is 36.3 Å². The molecule has 1 amide bonds. The molecule has 1 aliphatic rings. The van der Waals surface area contributed by atoms with E-state index < -0.39 is 57.2 Å². The molecule has 0 saturated carbocycles. The summed E-state index contributed by atoms with van der Waals surface area (Å²) in [5.41, 5.74) is 0.716. The van der Waals surface area contributed by atoms with Crippen LogP contribution in [0.3, 0.4) is 0 Å². The van der Waals surface area contributed by atoms with Crippen LogP contribution in [0.15, 0.2) is 47.4 Å². The summed E-state index contributed by atoms with van der Waals surface area (Å²) in [4.78, 5) is 11.3. The van der Waals surface area contributed by atoms with Crippen molar-refractivity contribution in [2.75, 3.05) is 0 Å². The first-order valence-corrected chi connectivity index (χ1v) is 11.8. The van der Waals surface area contributed by atoms with Gasteiger partial charge in [0.1, 0.15) is 6.04 Å². The Bertz CT molecular complexity index is 1250. The van der Waals surface area contributed by atoms with Gasteiger partial charge >= 0.3 is 12.4 Å². The lowest BCUT2D eigenvalue weighted by Crippen LogP contribution is -2.49. The summed E-state index contributed by atoms with van der Waals surface area (Å²) in [6, 6.07) is 5.99. The van der Waals surface area contributed by atoms with Crippen LogP contribution in [0.4, 0.5) is 26.3 Å². The van der Waals surface area contributed by atoms with Crippen LogP contribution in [-0.4, -0.2) is 32.6 Å². The molecule has 6 nitrogen and oxygen atoms in total. The number of nitriles is 1. The van der Waals surface area contributed by atoms with Crippen molar-refractivity contribution in [2.45, 2.75) is 55.0 Å². The molecule has 13 heteroatoms. The molecule has 3 rings (SSSR count). The van der Waals surface area contributed by atoms with Gasteiger partial charge in [-0.25, -0.2) is 8.42 Å².